The van der Waals surface area contributed by atoms with E-state index in [1.165, 1.54) is 22.4 Å². The van der Waals surface area contributed by atoms with Gasteiger partial charge >= 0.3 is 0 Å². The summed E-state index contributed by atoms with van der Waals surface area (Å²) in [5, 5.41) is 0. The number of aromatic nitrogens is 2. The second-order valence-electron chi connectivity index (χ2n) is 6.10. The molecule has 1 aliphatic carbocycles. The van der Waals surface area contributed by atoms with Gasteiger partial charge in [0.2, 0.25) is 0 Å². The summed E-state index contributed by atoms with van der Waals surface area (Å²) in [4.78, 5) is 4.65. The van der Waals surface area contributed by atoms with Crippen molar-refractivity contribution in [1.29, 1.82) is 0 Å². The lowest BCUT2D eigenvalue weighted by atomic mass is 9.69. The molecule has 2 aliphatic rings. The first-order valence-corrected chi connectivity index (χ1v) is 7.16. The van der Waals surface area contributed by atoms with Crippen molar-refractivity contribution in [3.8, 4) is 5.69 Å². The van der Waals surface area contributed by atoms with Crippen molar-refractivity contribution in [2.75, 3.05) is 0 Å². The number of hydrogen-bond donors (Lipinski definition) is 0. The van der Waals surface area contributed by atoms with E-state index in [0.29, 0.717) is 5.92 Å². The SMILES string of the molecule is CC1=CC2(C)C(=CC1C)c1ccccc1-n1ccnc12. The van der Waals surface area contributed by atoms with Crippen molar-refractivity contribution in [3.63, 3.8) is 0 Å². The van der Waals surface area contributed by atoms with Gasteiger partial charge in [-0.05, 0) is 31.4 Å². The molecule has 100 valence electrons. The summed E-state index contributed by atoms with van der Waals surface area (Å²) < 4.78 is 2.23. The van der Waals surface area contributed by atoms with Crippen LogP contribution in [0.15, 0.2) is 54.4 Å². The molecule has 1 aromatic carbocycles. The average molecular weight is 262 g/mol. The number of fused-ring (bicyclic) bond motifs is 6. The van der Waals surface area contributed by atoms with Gasteiger partial charge in [-0.15, -0.1) is 0 Å². The van der Waals surface area contributed by atoms with Gasteiger partial charge in [0.05, 0.1) is 11.1 Å². The molecule has 1 aliphatic heterocycles. The number of hydrogen-bond acceptors (Lipinski definition) is 1. The molecule has 2 atom stereocenters. The smallest absolute Gasteiger partial charge is 0.127 e. The maximum Gasteiger partial charge on any atom is 0.127 e. The molecule has 0 N–H and O–H groups in total. The van der Waals surface area contributed by atoms with E-state index in [4.69, 9.17) is 0 Å². The van der Waals surface area contributed by atoms with Gasteiger partial charge in [-0.25, -0.2) is 4.98 Å². The molecule has 0 bridgehead atoms. The molecule has 2 nitrogen and oxygen atoms in total. The Hall–Kier alpha value is -2.09. The van der Waals surface area contributed by atoms with Crippen molar-refractivity contribution in [2.45, 2.75) is 26.2 Å². The Labute approximate surface area is 119 Å². The van der Waals surface area contributed by atoms with Crippen molar-refractivity contribution >= 4 is 5.57 Å². The Kier molecular flexibility index (Phi) is 2.18. The number of allylic oxidation sites excluding steroid dienone is 4. The maximum atomic E-state index is 4.65. The summed E-state index contributed by atoms with van der Waals surface area (Å²) in [7, 11) is 0. The molecule has 0 amide bonds. The minimum atomic E-state index is -0.117. The van der Waals surface area contributed by atoms with E-state index in [-0.39, 0.29) is 5.41 Å². The van der Waals surface area contributed by atoms with Crippen LogP contribution in [-0.2, 0) is 5.41 Å². The quantitative estimate of drug-likeness (QED) is 0.653. The monoisotopic (exact) mass is 262 g/mol. The topological polar surface area (TPSA) is 17.8 Å². The van der Waals surface area contributed by atoms with Crippen molar-refractivity contribution in [1.82, 2.24) is 9.55 Å². The van der Waals surface area contributed by atoms with Crippen LogP contribution in [0.3, 0.4) is 0 Å². The second-order valence-corrected chi connectivity index (χ2v) is 6.10. The summed E-state index contributed by atoms with van der Waals surface area (Å²) in [5.41, 5.74) is 5.27. The van der Waals surface area contributed by atoms with Crippen LogP contribution in [-0.4, -0.2) is 9.55 Å². The molecule has 1 aromatic heterocycles. The Balaban J connectivity index is 2.10. The molecule has 4 rings (SSSR count). The van der Waals surface area contributed by atoms with Crippen molar-refractivity contribution < 1.29 is 0 Å². The molecule has 0 radical (unpaired) electrons. The van der Waals surface area contributed by atoms with E-state index in [0.717, 1.165) is 5.82 Å². The van der Waals surface area contributed by atoms with Crippen LogP contribution in [0.5, 0.6) is 0 Å². The van der Waals surface area contributed by atoms with E-state index < -0.39 is 0 Å². The normalized spacial score (nSPS) is 27.1. The highest BCUT2D eigenvalue weighted by molar-refractivity contribution is 5.85. The van der Waals surface area contributed by atoms with Crippen LogP contribution < -0.4 is 0 Å². The van der Waals surface area contributed by atoms with E-state index in [2.05, 4.69) is 72.9 Å². The van der Waals surface area contributed by atoms with Gasteiger partial charge < -0.3 is 4.57 Å². The molecule has 2 heterocycles. The Morgan fingerprint density at radius 3 is 2.90 bits per heavy atom. The third-order valence-electron chi connectivity index (χ3n) is 4.77. The van der Waals surface area contributed by atoms with E-state index in [9.17, 15) is 0 Å². The van der Waals surface area contributed by atoms with Crippen LogP contribution >= 0.6 is 0 Å². The molecular weight excluding hydrogens is 244 g/mol. The fourth-order valence-corrected chi connectivity index (χ4v) is 3.57. The van der Waals surface area contributed by atoms with E-state index >= 15 is 0 Å². The molecule has 0 spiro atoms. The van der Waals surface area contributed by atoms with Crippen molar-refractivity contribution in [3.05, 3.63) is 65.8 Å². The predicted molar refractivity (Wildman–Crippen MR) is 81.8 cm³/mol. The van der Waals surface area contributed by atoms with Crippen LogP contribution in [0, 0.1) is 5.92 Å². The fraction of sp³-hybridized carbons (Fsp3) is 0.278. The van der Waals surface area contributed by atoms with Crippen LogP contribution in [0.25, 0.3) is 11.3 Å². The summed E-state index contributed by atoms with van der Waals surface area (Å²) in [6.07, 6.45) is 8.77. The minimum Gasteiger partial charge on any atom is -0.302 e. The molecule has 20 heavy (non-hydrogen) atoms. The maximum absolute atomic E-state index is 4.65. The van der Waals surface area contributed by atoms with Gasteiger partial charge in [-0.3, -0.25) is 0 Å². The molecule has 2 heteroatoms. The fourth-order valence-electron chi connectivity index (χ4n) is 3.57. The number of rotatable bonds is 0. The third kappa shape index (κ3) is 1.31. The largest absolute Gasteiger partial charge is 0.302 e. The van der Waals surface area contributed by atoms with E-state index in [1.54, 1.807) is 0 Å². The highest BCUT2D eigenvalue weighted by Crippen LogP contribution is 2.49. The second kappa shape index (κ2) is 3.72. The first-order valence-electron chi connectivity index (χ1n) is 7.16. The molecule has 2 aromatic rings. The molecule has 2 unspecified atom stereocenters. The van der Waals surface area contributed by atoms with Gasteiger partial charge in [0.25, 0.3) is 0 Å². The zero-order valence-corrected chi connectivity index (χ0v) is 12.1. The number of nitrogens with zero attached hydrogens (tertiary/aromatic N) is 2. The summed E-state index contributed by atoms with van der Waals surface area (Å²) in [6.45, 7) is 6.77. The van der Waals surface area contributed by atoms with Gasteiger partial charge in [-0.1, -0.05) is 42.8 Å². The predicted octanol–water partition coefficient (Wildman–Crippen LogP) is 4.12. The lowest BCUT2D eigenvalue weighted by Crippen LogP contribution is -2.33. The Bertz CT molecular complexity index is 763. The van der Waals surface area contributed by atoms with Crippen LogP contribution in [0.1, 0.15) is 32.2 Å². The summed E-state index contributed by atoms with van der Waals surface area (Å²) in [6, 6.07) is 8.62. The highest BCUT2D eigenvalue weighted by Gasteiger charge is 2.41. The average Bonchev–Trinajstić information content (AvgIpc) is 2.93. The number of benzene rings is 1. The summed E-state index contributed by atoms with van der Waals surface area (Å²) in [5.74, 6) is 1.61. The third-order valence-corrected chi connectivity index (χ3v) is 4.77. The lowest BCUT2D eigenvalue weighted by molar-refractivity contribution is 0.635. The van der Waals surface area contributed by atoms with Gasteiger partial charge in [0.1, 0.15) is 5.82 Å². The number of para-hydroxylation sites is 1. The molecule has 0 fully saturated rings. The van der Waals surface area contributed by atoms with Gasteiger partial charge in [-0.2, -0.15) is 0 Å². The lowest BCUT2D eigenvalue weighted by Gasteiger charge is -2.39. The first-order chi connectivity index (χ1) is 9.61. The minimum absolute atomic E-state index is 0.117. The van der Waals surface area contributed by atoms with Gasteiger partial charge in [0.15, 0.2) is 0 Å². The molecule has 0 saturated carbocycles. The first kappa shape index (κ1) is 11.7. The zero-order chi connectivity index (χ0) is 13.9. The standard InChI is InChI=1S/C18H18N2/c1-12-10-15-14-6-4-5-7-16(14)20-9-8-19-17(20)18(15,3)11-13(12)2/h4-12H,1-3H3. The molecule has 0 saturated heterocycles. The van der Waals surface area contributed by atoms with Gasteiger partial charge in [0, 0.05) is 18.0 Å². The van der Waals surface area contributed by atoms with Crippen molar-refractivity contribution in [2.24, 2.45) is 5.92 Å². The Morgan fingerprint density at radius 2 is 2.05 bits per heavy atom. The van der Waals surface area contributed by atoms with Crippen LogP contribution in [0.4, 0.5) is 0 Å². The van der Waals surface area contributed by atoms with E-state index in [1.807, 2.05) is 6.20 Å². The molecular formula is C18H18N2. The Morgan fingerprint density at radius 1 is 1.25 bits per heavy atom. The zero-order valence-electron chi connectivity index (χ0n) is 12.1. The number of imidazole rings is 1. The highest BCUT2D eigenvalue weighted by atomic mass is 15.1. The van der Waals surface area contributed by atoms with Crippen LogP contribution in [0.2, 0.25) is 0 Å². The summed E-state index contributed by atoms with van der Waals surface area (Å²) >= 11 is 0.